The molecule has 2 aromatic carbocycles. The fourth-order valence-corrected chi connectivity index (χ4v) is 4.12. The summed E-state index contributed by atoms with van der Waals surface area (Å²) >= 11 is 0. The summed E-state index contributed by atoms with van der Waals surface area (Å²) < 4.78 is 17.4. The predicted octanol–water partition coefficient (Wildman–Crippen LogP) is 8.68. The Morgan fingerprint density at radius 1 is 0.486 bits per heavy atom. The highest BCUT2D eigenvalue weighted by Crippen LogP contribution is 2.21. The Morgan fingerprint density at radius 3 is 1.49 bits per heavy atom. The molecule has 0 fully saturated rings. The van der Waals surface area contributed by atoms with Crippen LogP contribution in [-0.2, 0) is 0 Å². The van der Waals surface area contributed by atoms with Gasteiger partial charge in [0.15, 0.2) is 11.6 Å². The molecule has 37 heavy (non-hydrogen) atoms. The van der Waals surface area contributed by atoms with Gasteiger partial charge in [0.2, 0.25) is 0 Å². The van der Waals surface area contributed by atoms with Crippen molar-refractivity contribution in [2.75, 3.05) is 19.8 Å². The van der Waals surface area contributed by atoms with Crippen molar-refractivity contribution in [3.63, 3.8) is 0 Å². The van der Waals surface area contributed by atoms with E-state index in [2.05, 4.69) is 16.9 Å². The van der Waals surface area contributed by atoms with Gasteiger partial charge in [-0.15, -0.1) is 0 Å². The van der Waals surface area contributed by atoms with Crippen molar-refractivity contribution in [2.45, 2.75) is 84.0 Å². The maximum atomic E-state index is 5.87. The van der Waals surface area contributed by atoms with Crippen LogP contribution in [0.3, 0.4) is 0 Å². The van der Waals surface area contributed by atoms with E-state index >= 15 is 0 Å². The Labute approximate surface area is 223 Å². The molecule has 0 saturated heterocycles. The van der Waals surface area contributed by atoms with Gasteiger partial charge in [0, 0.05) is 5.56 Å². The Bertz CT molecular complexity index is 946. The van der Waals surface area contributed by atoms with E-state index in [1.165, 1.54) is 57.8 Å². The van der Waals surface area contributed by atoms with Crippen molar-refractivity contribution in [3.8, 4) is 28.6 Å². The van der Waals surface area contributed by atoms with Gasteiger partial charge in [-0.3, -0.25) is 0 Å². The second kappa shape index (κ2) is 18.2. The Morgan fingerprint density at radius 2 is 0.946 bits per heavy atom. The fraction of sp³-hybridized carbons (Fsp3) is 0.500. The molecule has 0 atom stereocenters. The molecule has 3 aromatic rings. The van der Waals surface area contributed by atoms with E-state index in [1.807, 2.05) is 54.6 Å². The van der Waals surface area contributed by atoms with Crippen molar-refractivity contribution in [1.82, 2.24) is 9.97 Å². The quantitative estimate of drug-likeness (QED) is 0.144. The molecule has 200 valence electrons. The molecule has 0 aliphatic heterocycles. The zero-order chi connectivity index (χ0) is 25.8. The van der Waals surface area contributed by atoms with Gasteiger partial charge in [-0.1, -0.05) is 82.9 Å². The van der Waals surface area contributed by atoms with Crippen molar-refractivity contribution in [3.05, 3.63) is 67.0 Å². The predicted molar refractivity (Wildman–Crippen MR) is 151 cm³/mol. The van der Waals surface area contributed by atoms with Gasteiger partial charge in [0.05, 0.1) is 32.2 Å². The van der Waals surface area contributed by atoms with Gasteiger partial charge >= 0.3 is 0 Å². The summed E-state index contributed by atoms with van der Waals surface area (Å²) in [5.74, 6) is 3.28. The van der Waals surface area contributed by atoms with Crippen LogP contribution < -0.4 is 14.2 Å². The average molecular weight is 505 g/mol. The van der Waals surface area contributed by atoms with Crippen molar-refractivity contribution >= 4 is 0 Å². The molecular formula is C32H44N2O3. The van der Waals surface area contributed by atoms with Crippen LogP contribution in [0.25, 0.3) is 11.4 Å². The lowest BCUT2D eigenvalue weighted by Crippen LogP contribution is -2.00. The Hall–Kier alpha value is -3.08. The van der Waals surface area contributed by atoms with Crippen LogP contribution in [0, 0.1) is 0 Å². The molecule has 5 nitrogen and oxygen atoms in total. The number of unbranched alkanes of at least 4 members (excludes halogenated alkanes) is 10. The zero-order valence-electron chi connectivity index (χ0n) is 22.6. The molecule has 0 spiro atoms. The van der Waals surface area contributed by atoms with Gasteiger partial charge in [0.25, 0.3) is 0 Å². The van der Waals surface area contributed by atoms with E-state index in [1.54, 1.807) is 12.4 Å². The first kappa shape index (κ1) is 28.5. The summed E-state index contributed by atoms with van der Waals surface area (Å²) in [7, 11) is 0. The molecule has 0 N–H and O–H groups in total. The summed E-state index contributed by atoms with van der Waals surface area (Å²) in [5, 5.41) is 0. The van der Waals surface area contributed by atoms with Crippen LogP contribution in [0.1, 0.15) is 84.0 Å². The molecule has 0 radical (unpaired) electrons. The van der Waals surface area contributed by atoms with Crippen LogP contribution in [0.15, 0.2) is 67.0 Å². The van der Waals surface area contributed by atoms with Crippen LogP contribution in [-0.4, -0.2) is 29.8 Å². The van der Waals surface area contributed by atoms with Gasteiger partial charge in [-0.2, -0.15) is 0 Å². The third kappa shape index (κ3) is 12.1. The summed E-state index contributed by atoms with van der Waals surface area (Å²) in [6, 6.07) is 18.0. The van der Waals surface area contributed by atoms with Gasteiger partial charge in [-0.05, 0) is 55.7 Å². The molecule has 5 heteroatoms. The highest BCUT2D eigenvalue weighted by atomic mass is 16.5. The van der Waals surface area contributed by atoms with E-state index in [0.29, 0.717) is 12.4 Å². The zero-order valence-corrected chi connectivity index (χ0v) is 22.6. The maximum absolute atomic E-state index is 5.87. The number of hydrogen-bond donors (Lipinski definition) is 0. The molecule has 0 unspecified atom stereocenters. The minimum Gasteiger partial charge on any atom is -0.494 e. The number of ether oxygens (including phenoxy) is 3. The molecule has 0 bridgehead atoms. The average Bonchev–Trinajstić information content (AvgIpc) is 2.95. The minimum atomic E-state index is 0.699. The lowest BCUT2D eigenvalue weighted by molar-refractivity contribution is 0.296. The van der Waals surface area contributed by atoms with Gasteiger partial charge in [-0.25, -0.2) is 9.97 Å². The van der Waals surface area contributed by atoms with Crippen molar-refractivity contribution in [1.29, 1.82) is 0 Å². The van der Waals surface area contributed by atoms with E-state index in [9.17, 15) is 0 Å². The van der Waals surface area contributed by atoms with Crippen molar-refractivity contribution < 1.29 is 14.2 Å². The number of nitrogens with zero attached hydrogens (tertiary/aromatic N) is 2. The second-order valence-electron chi connectivity index (χ2n) is 9.51. The molecule has 1 aromatic heterocycles. The first-order chi connectivity index (χ1) is 18.3. The number of para-hydroxylation sites is 1. The summed E-state index contributed by atoms with van der Waals surface area (Å²) in [6.07, 6.45) is 18.1. The topological polar surface area (TPSA) is 53.5 Å². The monoisotopic (exact) mass is 504 g/mol. The number of hydrogen-bond acceptors (Lipinski definition) is 5. The molecule has 0 aliphatic carbocycles. The molecule has 1 heterocycles. The first-order valence-corrected chi connectivity index (χ1v) is 14.2. The third-order valence-electron chi connectivity index (χ3n) is 6.33. The smallest absolute Gasteiger partial charge is 0.159 e. The van der Waals surface area contributed by atoms with E-state index in [4.69, 9.17) is 14.2 Å². The molecular weight excluding hydrogens is 460 g/mol. The summed E-state index contributed by atoms with van der Waals surface area (Å²) in [4.78, 5) is 8.96. The Balaban J connectivity index is 1.21. The molecule has 0 aliphatic rings. The lowest BCUT2D eigenvalue weighted by Gasteiger charge is -2.08. The maximum Gasteiger partial charge on any atom is 0.159 e. The van der Waals surface area contributed by atoms with E-state index in [-0.39, 0.29) is 0 Å². The SMILES string of the molecule is CCCCCCCCOc1ccc(-c2ncc(OCCCCCCCCOc3ccccc3)cn2)cc1. The van der Waals surface area contributed by atoms with Crippen LogP contribution in [0.2, 0.25) is 0 Å². The van der Waals surface area contributed by atoms with Crippen LogP contribution in [0.5, 0.6) is 17.2 Å². The summed E-state index contributed by atoms with van der Waals surface area (Å²) in [6.45, 7) is 4.51. The molecule has 3 rings (SSSR count). The number of rotatable bonds is 20. The molecule has 0 saturated carbocycles. The van der Waals surface area contributed by atoms with Crippen LogP contribution in [0.4, 0.5) is 0 Å². The first-order valence-electron chi connectivity index (χ1n) is 14.2. The number of benzene rings is 2. The Kier molecular flexibility index (Phi) is 14.0. The van der Waals surface area contributed by atoms with Crippen LogP contribution >= 0.6 is 0 Å². The largest absolute Gasteiger partial charge is 0.494 e. The van der Waals surface area contributed by atoms with E-state index in [0.717, 1.165) is 55.3 Å². The third-order valence-corrected chi connectivity index (χ3v) is 6.33. The van der Waals surface area contributed by atoms with Crippen molar-refractivity contribution in [2.24, 2.45) is 0 Å². The normalized spacial score (nSPS) is 10.8. The minimum absolute atomic E-state index is 0.699. The van der Waals surface area contributed by atoms with E-state index < -0.39 is 0 Å². The van der Waals surface area contributed by atoms with Gasteiger partial charge < -0.3 is 14.2 Å². The molecule has 0 amide bonds. The lowest BCUT2D eigenvalue weighted by atomic mass is 10.1. The fourth-order valence-electron chi connectivity index (χ4n) is 4.12. The standard InChI is InChI=1S/C32H44N2O3/c1-2-3-4-5-8-14-24-36-30-21-19-28(20-22-30)32-33-26-31(27-34-32)37-25-16-10-7-6-9-15-23-35-29-17-12-11-13-18-29/h11-13,17-22,26-27H,2-10,14-16,23-25H2,1H3. The second-order valence-corrected chi connectivity index (χ2v) is 9.51. The number of aromatic nitrogens is 2. The highest BCUT2D eigenvalue weighted by Gasteiger charge is 2.04. The van der Waals surface area contributed by atoms with Gasteiger partial charge in [0.1, 0.15) is 11.5 Å². The highest BCUT2D eigenvalue weighted by molar-refractivity contribution is 5.56. The summed E-state index contributed by atoms with van der Waals surface area (Å²) in [5.41, 5.74) is 0.979.